The molecule has 2 aromatic rings. The van der Waals surface area contributed by atoms with Crippen molar-refractivity contribution >= 4 is 29.2 Å². The van der Waals surface area contributed by atoms with E-state index in [0.29, 0.717) is 0 Å². The number of rotatable bonds is 2. The number of hydrogen-bond donors (Lipinski definition) is 0. The van der Waals surface area contributed by atoms with Crippen LogP contribution in [0.2, 0.25) is 10.0 Å². The molecule has 3 nitrogen and oxygen atoms in total. The molecule has 0 fully saturated rings. The van der Waals surface area contributed by atoms with Crippen molar-refractivity contribution in [3.8, 4) is 11.1 Å². The van der Waals surface area contributed by atoms with E-state index in [1.807, 2.05) is 0 Å². The second-order valence-corrected chi connectivity index (χ2v) is 4.43. The van der Waals surface area contributed by atoms with Crippen molar-refractivity contribution in [2.45, 2.75) is 0 Å². The van der Waals surface area contributed by atoms with Crippen molar-refractivity contribution in [2.75, 3.05) is 7.11 Å². The maximum absolute atomic E-state index is 14.0. The van der Waals surface area contributed by atoms with E-state index >= 15 is 0 Å². The van der Waals surface area contributed by atoms with Gasteiger partial charge in [-0.3, -0.25) is 0 Å². The molecule has 0 spiro atoms. The normalized spacial score (nSPS) is 10.3. The van der Waals surface area contributed by atoms with Gasteiger partial charge in [-0.05, 0) is 18.2 Å². The number of aromatic nitrogens is 1. The van der Waals surface area contributed by atoms with Crippen molar-refractivity contribution < 1.29 is 13.9 Å². The Morgan fingerprint density at radius 2 is 1.84 bits per heavy atom. The van der Waals surface area contributed by atoms with Crippen LogP contribution in [0.5, 0.6) is 0 Å². The molecule has 0 saturated carbocycles. The molecule has 0 aliphatic carbocycles. The Morgan fingerprint density at radius 1 is 1.21 bits per heavy atom. The SMILES string of the molecule is COC(=O)c1ccnc(F)c1-c1c(Cl)cccc1Cl. The van der Waals surface area contributed by atoms with Gasteiger partial charge in [-0.1, -0.05) is 29.3 Å². The maximum Gasteiger partial charge on any atom is 0.338 e. The van der Waals surface area contributed by atoms with E-state index in [1.165, 1.54) is 19.4 Å². The lowest BCUT2D eigenvalue weighted by atomic mass is 10.0. The van der Waals surface area contributed by atoms with E-state index < -0.39 is 11.9 Å². The first kappa shape index (κ1) is 13.8. The van der Waals surface area contributed by atoms with E-state index in [1.54, 1.807) is 18.2 Å². The molecular weight excluding hydrogens is 292 g/mol. The number of esters is 1. The quantitative estimate of drug-likeness (QED) is 0.622. The van der Waals surface area contributed by atoms with Crippen LogP contribution in [0.25, 0.3) is 11.1 Å². The smallest absolute Gasteiger partial charge is 0.338 e. The van der Waals surface area contributed by atoms with E-state index in [2.05, 4.69) is 9.72 Å². The Labute approximate surface area is 118 Å². The number of halogens is 3. The number of benzene rings is 1. The van der Waals surface area contributed by atoms with E-state index in [9.17, 15) is 9.18 Å². The number of carbonyl (C=O) groups is 1. The molecule has 0 aliphatic rings. The largest absolute Gasteiger partial charge is 0.465 e. The van der Waals surface area contributed by atoms with Crippen molar-refractivity contribution in [3.05, 3.63) is 52.0 Å². The predicted molar refractivity (Wildman–Crippen MR) is 71.0 cm³/mol. The molecule has 1 aromatic heterocycles. The first-order chi connectivity index (χ1) is 9.06. The van der Waals surface area contributed by atoms with Crippen LogP contribution in [0.4, 0.5) is 4.39 Å². The Morgan fingerprint density at radius 3 is 2.42 bits per heavy atom. The third-order valence-electron chi connectivity index (χ3n) is 2.52. The number of pyridine rings is 1. The van der Waals surface area contributed by atoms with E-state index in [4.69, 9.17) is 23.2 Å². The summed E-state index contributed by atoms with van der Waals surface area (Å²) in [6.07, 6.45) is 1.18. The minimum absolute atomic E-state index is 0.0185. The lowest BCUT2D eigenvalue weighted by Gasteiger charge is -2.11. The van der Waals surface area contributed by atoms with Gasteiger partial charge >= 0.3 is 5.97 Å². The fourth-order valence-electron chi connectivity index (χ4n) is 1.69. The molecule has 0 unspecified atom stereocenters. The van der Waals surface area contributed by atoms with Crippen molar-refractivity contribution in [3.63, 3.8) is 0 Å². The molecule has 0 atom stereocenters. The minimum Gasteiger partial charge on any atom is -0.465 e. The van der Waals surface area contributed by atoms with Gasteiger partial charge in [0.15, 0.2) is 0 Å². The van der Waals surface area contributed by atoms with Crippen LogP contribution in [0.15, 0.2) is 30.5 Å². The van der Waals surface area contributed by atoms with Crippen molar-refractivity contribution in [1.29, 1.82) is 0 Å². The minimum atomic E-state index is -0.835. The monoisotopic (exact) mass is 299 g/mol. The summed E-state index contributed by atoms with van der Waals surface area (Å²) in [6.45, 7) is 0. The first-order valence-corrected chi connectivity index (χ1v) is 5.99. The number of hydrogen-bond acceptors (Lipinski definition) is 3. The second-order valence-electron chi connectivity index (χ2n) is 3.61. The van der Waals surface area contributed by atoms with Crippen LogP contribution >= 0.6 is 23.2 Å². The summed E-state index contributed by atoms with van der Waals surface area (Å²) in [6, 6.07) is 6.08. The maximum atomic E-state index is 14.0. The highest BCUT2D eigenvalue weighted by Crippen LogP contribution is 2.37. The van der Waals surface area contributed by atoms with Crippen LogP contribution in [0.3, 0.4) is 0 Å². The number of methoxy groups -OCH3 is 1. The van der Waals surface area contributed by atoms with Gasteiger partial charge in [-0.25, -0.2) is 9.78 Å². The van der Waals surface area contributed by atoms with Crippen LogP contribution in [0, 0.1) is 5.95 Å². The molecule has 0 saturated heterocycles. The Bertz CT molecular complexity index is 626. The Hall–Kier alpha value is -1.65. The zero-order chi connectivity index (χ0) is 14.0. The number of ether oxygens (including phenoxy) is 1. The molecule has 2 rings (SSSR count). The van der Waals surface area contributed by atoms with Crippen LogP contribution in [-0.4, -0.2) is 18.1 Å². The van der Waals surface area contributed by atoms with Crippen molar-refractivity contribution in [1.82, 2.24) is 4.98 Å². The molecule has 0 N–H and O–H groups in total. The highest BCUT2D eigenvalue weighted by Gasteiger charge is 2.22. The molecule has 98 valence electrons. The van der Waals surface area contributed by atoms with Crippen LogP contribution in [-0.2, 0) is 4.74 Å². The van der Waals surface area contributed by atoms with Gasteiger partial charge in [0.25, 0.3) is 0 Å². The topological polar surface area (TPSA) is 39.2 Å². The average Bonchev–Trinajstić information content (AvgIpc) is 2.39. The summed E-state index contributed by atoms with van der Waals surface area (Å²) in [5.74, 6) is -1.52. The highest BCUT2D eigenvalue weighted by molar-refractivity contribution is 6.39. The molecule has 1 heterocycles. The highest BCUT2D eigenvalue weighted by atomic mass is 35.5. The van der Waals surface area contributed by atoms with Crippen LogP contribution in [0.1, 0.15) is 10.4 Å². The van der Waals surface area contributed by atoms with Gasteiger partial charge in [0.05, 0.1) is 28.3 Å². The van der Waals surface area contributed by atoms with Crippen molar-refractivity contribution in [2.24, 2.45) is 0 Å². The summed E-state index contributed by atoms with van der Waals surface area (Å²) in [5, 5.41) is 0.453. The molecular formula is C13H8Cl2FNO2. The predicted octanol–water partition coefficient (Wildman–Crippen LogP) is 3.98. The van der Waals surface area contributed by atoms with Gasteiger partial charge in [0.1, 0.15) is 0 Å². The zero-order valence-electron chi connectivity index (χ0n) is 9.78. The summed E-state index contributed by atoms with van der Waals surface area (Å²) >= 11 is 12.0. The Kier molecular flexibility index (Phi) is 4.02. The fraction of sp³-hybridized carbons (Fsp3) is 0.0769. The van der Waals surface area contributed by atoms with Gasteiger partial charge in [0.2, 0.25) is 5.95 Å². The molecule has 0 aliphatic heterocycles. The molecule has 0 bridgehead atoms. The number of carbonyl (C=O) groups excluding carboxylic acids is 1. The summed E-state index contributed by atoms with van der Waals surface area (Å²) < 4.78 is 18.6. The van der Waals surface area contributed by atoms with Gasteiger partial charge in [-0.15, -0.1) is 0 Å². The van der Waals surface area contributed by atoms with E-state index in [-0.39, 0.29) is 26.7 Å². The standard InChI is InChI=1S/C13H8Cl2FNO2/c1-19-13(18)7-5-6-17-12(16)10(7)11-8(14)3-2-4-9(11)15/h2-6H,1H3. The lowest BCUT2D eigenvalue weighted by molar-refractivity contribution is 0.0601. The molecule has 0 radical (unpaired) electrons. The molecule has 1 aromatic carbocycles. The Balaban J connectivity index is 2.78. The van der Waals surface area contributed by atoms with Gasteiger partial charge in [0, 0.05) is 11.8 Å². The third kappa shape index (κ3) is 2.55. The van der Waals surface area contributed by atoms with Gasteiger partial charge < -0.3 is 4.74 Å². The second kappa shape index (κ2) is 5.55. The molecule has 19 heavy (non-hydrogen) atoms. The summed E-state index contributed by atoms with van der Waals surface area (Å²) in [7, 11) is 1.21. The fourth-order valence-corrected chi connectivity index (χ4v) is 2.28. The summed E-state index contributed by atoms with van der Waals surface area (Å²) in [5.41, 5.74) is 0.173. The third-order valence-corrected chi connectivity index (χ3v) is 3.15. The zero-order valence-corrected chi connectivity index (χ0v) is 11.3. The van der Waals surface area contributed by atoms with E-state index in [0.717, 1.165) is 0 Å². The lowest BCUT2D eigenvalue weighted by Crippen LogP contribution is -2.06. The molecule has 0 amide bonds. The summed E-state index contributed by atoms with van der Waals surface area (Å²) in [4.78, 5) is 15.2. The van der Waals surface area contributed by atoms with Gasteiger partial charge in [-0.2, -0.15) is 4.39 Å². The number of nitrogens with zero attached hydrogens (tertiary/aromatic N) is 1. The van der Waals surface area contributed by atoms with Crippen LogP contribution < -0.4 is 0 Å². The average molecular weight is 300 g/mol. The first-order valence-electron chi connectivity index (χ1n) is 5.23. The molecule has 6 heteroatoms.